The standard InChI is InChI=1S/C23H33N7O2.HI/c1-15(12-20-16(2)28-29(5)17(20)3)27-23(24-4)26-13-18-6-8-19(9-7-18)22(32)30-11-10-25-21(31)14-30;/h6-9,15H,10-14H2,1-5H3,(H,25,31)(H2,24,26,27);1H. The van der Waals surface area contributed by atoms with E-state index in [1.165, 1.54) is 11.3 Å². The van der Waals surface area contributed by atoms with E-state index in [1.54, 1.807) is 24.1 Å². The van der Waals surface area contributed by atoms with Gasteiger partial charge in [-0.2, -0.15) is 5.10 Å². The van der Waals surface area contributed by atoms with Crippen LogP contribution in [-0.4, -0.2) is 65.2 Å². The Morgan fingerprint density at radius 2 is 1.97 bits per heavy atom. The molecule has 2 amide bonds. The molecule has 3 N–H and O–H groups in total. The Labute approximate surface area is 212 Å². The molecule has 1 aromatic heterocycles. The minimum Gasteiger partial charge on any atom is -0.354 e. The fraction of sp³-hybridized carbons (Fsp3) is 0.478. The smallest absolute Gasteiger partial charge is 0.254 e. The molecule has 1 aliphatic rings. The number of nitrogens with one attached hydrogen (secondary N) is 3. The van der Waals surface area contributed by atoms with E-state index in [1.807, 2.05) is 30.8 Å². The number of halogens is 1. The third-order valence-electron chi connectivity index (χ3n) is 5.76. The SMILES string of the molecule is CN=C(NCc1ccc(C(=O)N2CCNC(=O)C2)cc1)NC(C)Cc1c(C)nn(C)c1C.I. The van der Waals surface area contributed by atoms with Crippen LogP contribution in [0.4, 0.5) is 0 Å². The summed E-state index contributed by atoms with van der Waals surface area (Å²) in [6, 6.07) is 7.63. The van der Waals surface area contributed by atoms with E-state index in [0.717, 1.165) is 23.6 Å². The van der Waals surface area contributed by atoms with Gasteiger partial charge in [-0.1, -0.05) is 12.1 Å². The molecular formula is C23H34IN7O2. The number of aryl methyl sites for hydroxylation is 2. The maximum absolute atomic E-state index is 12.6. The number of amides is 2. The highest BCUT2D eigenvalue weighted by atomic mass is 127. The molecule has 33 heavy (non-hydrogen) atoms. The summed E-state index contributed by atoms with van der Waals surface area (Å²) in [5.74, 6) is 0.482. The number of aliphatic imine (C=N–C) groups is 1. The summed E-state index contributed by atoms with van der Waals surface area (Å²) < 4.78 is 1.92. The van der Waals surface area contributed by atoms with Gasteiger partial charge >= 0.3 is 0 Å². The van der Waals surface area contributed by atoms with Crippen LogP contribution < -0.4 is 16.0 Å². The highest BCUT2D eigenvalue weighted by Gasteiger charge is 2.22. The normalized spacial score (nSPS) is 14.9. The lowest BCUT2D eigenvalue weighted by Gasteiger charge is -2.26. The summed E-state index contributed by atoms with van der Waals surface area (Å²) in [4.78, 5) is 30.0. The van der Waals surface area contributed by atoms with Crippen molar-refractivity contribution >= 4 is 41.8 Å². The van der Waals surface area contributed by atoms with Crippen molar-refractivity contribution in [2.75, 3.05) is 26.7 Å². The minimum atomic E-state index is -0.119. The molecule has 3 rings (SSSR count). The number of carbonyl (C=O) groups is 2. The summed E-state index contributed by atoms with van der Waals surface area (Å²) in [6.07, 6.45) is 0.859. The molecule has 1 unspecified atom stereocenters. The molecule has 180 valence electrons. The molecule has 0 spiro atoms. The van der Waals surface area contributed by atoms with Crippen LogP contribution in [0.3, 0.4) is 0 Å². The van der Waals surface area contributed by atoms with E-state index < -0.39 is 0 Å². The van der Waals surface area contributed by atoms with Crippen LogP contribution in [0.5, 0.6) is 0 Å². The molecule has 0 aliphatic carbocycles. The second-order valence-electron chi connectivity index (χ2n) is 8.22. The lowest BCUT2D eigenvalue weighted by atomic mass is 10.1. The van der Waals surface area contributed by atoms with Gasteiger partial charge in [0.2, 0.25) is 5.91 Å². The largest absolute Gasteiger partial charge is 0.354 e. The molecule has 1 fully saturated rings. The molecular weight excluding hydrogens is 533 g/mol. The van der Waals surface area contributed by atoms with Gasteiger partial charge in [-0.3, -0.25) is 19.3 Å². The Hall–Kier alpha value is -2.63. The summed E-state index contributed by atoms with van der Waals surface area (Å²) >= 11 is 0. The van der Waals surface area contributed by atoms with E-state index in [-0.39, 0.29) is 48.4 Å². The topological polar surface area (TPSA) is 104 Å². The molecule has 0 bridgehead atoms. The maximum atomic E-state index is 12.6. The van der Waals surface area contributed by atoms with Crippen LogP contribution in [0.1, 0.15) is 39.8 Å². The highest BCUT2D eigenvalue weighted by Crippen LogP contribution is 2.14. The fourth-order valence-electron chi connectivity index (χ4n) is 3.84. The van der Waals surface area contributed by atoms with E-state index in [2.05, 4.69) is 39.9 Å². The second kappa shape index (κ2) is 12.0. The lowest BCUT2D eigenvalue weighted by Crippen LogP contribution is -2.49. The van der Waals surface area contributed by atoms with Crippen LogP contribution >= 0.6 is 24.0 Å². The molecule has 0 saturated carbocycles. The van der Waals surface area contributed by atoms with Crippen molar-refractivity contribution in [3.05, 3.63) is 52.3 Å². The molecule has 1 aromatic carbocycles. The molecule has 1 saturated heterocycles. The van der Waals surface area contributed by atoms with Crippen molar-refractivity contribution in [1.82, 2.24) is 30.6 Å². The van der Waals surface area contributed by atoms with Gasteiger partial charge in [-0.05, 0) is 50.5 Å². The minimum absolute atomic E-state index is 0. The lowest BCUT2D eigenvalue weighted by molar-refractivity contribution is -0.123. The van der Waals surface area contributed by atoms with Crippen molar-refractivity contribution < 1.29 is 9.59 Å². The van der Waals surface area contributed by atoms with E-state index in [4.69, 9.17) is 0 Å². The van der Waals surface area contributed by atoms with Gasteiger partial charge in [0, 0.05) is 51.0 Å². The predicted molar refractivity (Wildman–Crippen MR) is 140 cm³/mol. The summed E-state index contributed by atoms with van der Waals surface area (Å²) in [5.41, 5.74) is 5.11. The zero-order chi connectivity index (χ0) is 23.3. The van der Waals surface area contributed by atoms with Gasteiger partial charge in [0.1, 0.15) is 0 Å². The molecule has 1 atom stereocenters. The highest BCUT2D eigenvalue weighted by molar-refractivity contribution is 14.0. The van der Waals surface area contributed by atoms with Gasteiger partial charge in [0.05, 0.1) is 12.2 Å². The molecule has 0 radical (unpaired) electrons. The number of guanidine groups is 1. The fourth-order valence-corrected chi connectivity index (χ4v) is 3.84. The van der Waals surface area contributed by atoms with Gasteiger partial charge in [0.25, 0.3) is 5.91 Å². The monoisotopic (exact) mass is 567 g/mol. The van der Waals surface area contributed by atoms with Crippen molar-refractivity contribution in [1.29, 1.82) is 0 Å². The Morgan fingerprint density at radius 3 is 2.55 bits per heavy atom. The number of nitrogens with zero attached hydrogens (tertiary/aromatic N) is 4. The van der Waals surface area contributed by atoms with Gasteiger partial charge in [-0.25, -0.2) is 0 Å². The maximum Gasteiger partial charge on any atom is 0.254 e. The van der Waals surface area contributed by atoms with Gasteiger partial charge < -0.3 is 20.9 Å². The molecule has 10 heteroatoms. The number of rotatable bonds is 6. The second-order valence-corrected chi connectivity index (χ2v) is 8.22. The summed E-state index contributed by atoms with van der Waals surface area (Å²) in [7, 11) is 3.71. The number of carbonyl (C=O) groups excluding carboxylic acids is 2. The van der Waals surface area contributed by atoms with Crippen LogP contribution in [-0.2, 0) is 24.8 Å². The molecule has 9 nitrogen and oxygen atoms in total. The van der Waals surface area contributed by atoms with Gasteiger partial charge in [-0.15, -0.1) is 24.0 Å². The average Bonchev–Trinajstić information content (AvgIpc) is 3.02. The first kappa shape index (κ1) is 26.6. The Bertz CT molecular complexity index is 1000. The zero-order valence-electron chi connectivity index (χ0n) is 19.9. The number of aromatic nitrogens is 2. The first-order valence-corrected chi connectivity index (χ1v) is 10.9. The Balaban J connectivity index is 0.00000385. The summed E-state index contributed by atoms with van der Waals surface area (Å²) in [6.45, 7) is 7.97. The van der Waals surface area contributed by atoms with Crippen molar-refractivity contribution in [3.8, 4) is 0 Å². The molecule has 1 aliphatic heterocycles. The predicted octanol–water partition coefficient (Wildman–Crippen LogP) is 1.52. The van der Waals surface area contributed by atoms with Crippen LogP contribution in [0, 0.1) is 13.8 Å². The Morgan fingerprint density at radius 1 is 1.27 bits per heavy atom. The van der Waals surface area contributed by atoms with E-state index in [9.17, 15) is 9.59 Å². The van der Waals surface area contributed by atoms with E-state index >= 15 is 0 Å². The summed E-state index contributed by atoms with van der Waals surface area (Å²) in [5, 5.41) is 14.0. The number of hydrogen-bond acceptors (Lipinski definition) is 4. The zero-order valence-corrected chi connectivity index (χ0v) is 22.3. The number of benzene rings is 1. The first-order chi connectivity index (χ1) is 15.3. The molecule has 2 heterocycles. The van der Waals surface area contributed by atoms with Crippen molar-refractivity contribution in [2.24, 2.45) is 12.0 Å². The molecule has 2 aromatic rings. The van der Waals surface area contributed by atoms with Crippen molar-refractivity contribution in [3.63, 3.8) is 0 Å². The Kier molecular flexibility index (Phi) is 9.69. The van der Waals surface area contributed by atoms with Gasteiger partial charge in [0.15, 0.2) is 5.96 Å². The van der Waals surface area contributed by atoms with E-state index in [0.29, 0.717) is 25.2 Å². The average molecular weight is 567 g/mol. The third-order valence-corrected chi connectivity index (χ3v) is 5.76. The number of hydrogen-bond donors (Lipinski definition) is 3. The third kappa shape index (κ3) is 6.92. The van der Waals surface area contributed by atoms with Crippen LogP contribution in [0.15, 0.2) is 29.3 Å². The number of piperazine rings is 1. The van der Waals surface area contributed by atoms with Crippen LogP contribution in [0.2, 0.25) is 0 Å². The first-order valence-electron chi connectivity index (χ1n) is 10.9. The van der Waals surface area contributed by atoms with Crippen molar-refractivity contribution in [2.45, 2.75) is 39.8 Å². The quantitative estimate of drug-likeness (QED) is 0.279. The van der Waals surface area contributed by atoms with Crippen LogP contribution in [0.25, 0.3) is 0 Å².